The number of hydrogen-bond donors (Lipinski definition) is 1. The molecule has 1 aliphatic carbocycles. The third-order valence-electron chi connectivity index (χ3n) is 6.86. The summed E-state index contributed by atoms with van der Waals surface area (Å²) >= 11 is 0. The quantitative estimate of drug-likeness (QED) is 0.756. The molecular weight excluding hydrogens is 358 g/mol. The fourth-order valence-electron chi connectivity index (χ4n) is 5.55. The summed E-state index contributed by atoms with van der Waals surface area (Å²) in [5.41, 5.74) is 0. The first-order valence-electron chi connectivity index (χ1n) is 11.0. The van der Waals surface area contributed by atoms with Crippen molar-refractivity contribution < 1.29 is 4.43 Å². The standard InChI is InChI=1S/C25H35NOSi/c1-25(2,3)28(22-13-6-4-7-14-22,23-15-8-5-9-16-23)27-19-21-18-20-12-10-11-17-24(20)26-21/h4-9,13-16,20-21,24,26H,10-12,17-19H2,1-3H3/t20-,21-,24-/m0/s1. The number of fused-ring (bicyclic) bond motifs is 1. The summed E-state index contributed by atoms with van der Waals surface area (Å²) in [6.45, 7) is 7.91. The highest BCUT2D eigenvalue weighted by atomic mass is 28.4. The summed E-state index contributed by atoms with van der Waals surface area (Å²) < 4.78 is 7.13. The lowest BCUT2D eigenvalue weighted by Crippen LogP contribution is -2.67. The van der Waals surface area contributed by atoms with Gasteiger partial charge in [0.2, 0.25) is 0 Å². The zero-order valence-corrected chi connectivity index (χ0v) is 18.7. The van der Waals surface area contributed by atoms with Crippen LogP contribution in [0.2, 0.25) is 5.04 Å². The van der Waals surface area contributed by atoms with Crippen LogP contribution in [0.3, 0.4) is 0 Å². The Morgan fingerprint density at radius 2 is 1.46 bits per heavy atom. The fraction of sp³-hybridized carbons (Fsp3) is 0.520. The Labute approximate surface area is 171 Å². The van der Waals surface area contributed by atoms with Gasteiger partial charge in [-0.2, -0.15) is 0 Å². The SMILES string of the molecule is CC(C)(C)[Si](OC[C@@H]1C[C@@H]2CCCC[C@@H]2N1)(c1ccccc1)c1ccccc1. The smallest absolute Gasteiger partial charge is 0.261 e. The molecule has 1 N–H and O–H groups in total. The second-order valence-corrected chi connectivity index (χ2v) is 14.0. The third kappa shape index (κ3) is 3.72. The first-order chi connectivity index (χ1) is 13.5. The summed E-state index contributed by atoms with van der Waals surface area (Å²) in [6, 6.07) is 23.2. The summed E-state index contributed by atoms with van der Waals surface area (Å²) in [4.78, 5) is 0. The maximum absolute atomic E-state index is 7.13. The van der Waals surface area contributed by atoms with E-state index in [2.05, 4.69) is 86.8 Å². The van der Waals surface area contributed by atoms with E-state index in [4.69, 9.17) is 4.43 Å². The van der Waals surface area contributed by atoms with Gasteiger partial charge < -0.3 is 9.74 Å². The van der Waals surface area contributed by atoms with Crippen molar-refractivity contribution in [1.29, 1.82) is 0 Å². The molecule has 2 aromatic rings. The molecule has 3 atom stereocenters. The van der Waals surface area contributed by atoms with Gasteiger partial charge in [0.15, 0.2) is 0 Å². The molecule has 1 aliphatic heterocycles. The van der Waals surface area contributed by atoms with Crippen molar-refractivity contribution in [3.63, 3.8) is 0 Å². The maximum atomic E-state index is 7.13. The Bertz CT molecular complexity index is 702. The number of rotatable bonds is 5. The van der Waals surface area contributed by atoms with Crippen molar-refractivity contribution >= 4 is 18.7 Å². The van der Waals surface area contributed by atoms with Crippen molar-refractivity contribution in [1.82, 2.24) is 5.32 Å². The van der Waals surface area contributed by atoms with Gasteiger partial charge in [-0.15, -0.1) is 0 Å². The zero-order chi connectivity index (χ0) is 19.6. The van der Waals surface area contributed by atoms with Gasteiger partial charge in [-0.3, -0.25) is 0 Å². The Hall–Kier alpha value is -1.42. The predicted octanol–water partition coefficient (Wildman–Crippen LogP) is 4.48. The van der Waals surface area contributed by atoms with Crippen LogP contribution in [0, 0.1) is 5.92 Å². The van der Waals surface area contributed by atoms with Crippen LogP contribution in [0.15, 0.2) is 60.7 Å². The highest BCUT2D eigenvalue weighted by molar-refractivity contribution is 6.99. The van der Waals surface area contributed by atoms with E-state index in [9.17, 15) is 0 Å². The van der Waals surface area contributed by atoms with Gasteiger partial charge in [0.1, 0.15) is 0 Å². The fourth-order valence-corrected chi connectivity index (χ4v) is 10.2. The van der Waals surface area contributed by atoms with Crippen molar-refractivity contribution in [2.45, 2.75) is 70.0 Å². The molecule has 3 heteroatoms. The van der Waals surface area contributed by atoms with E-state index in [1.165, 1.54) is 42.5 Å². The van der Waals surface area contributed by atoms with E-state index in [0.29, 0.717) is 6.04 Å². The molecule has 0 bridgehead atoms. The van der Waals surface area contributed by atoms with Gasteiger partial charge >= 0.3 is 0 Å². The number of benzene rings is 2. The molecule has 0 radical (unpaired) electrons. The number of nitrogens with one attached hydrogen (secondary N) is 1. The topological polar surface area (TPSA) is 21.3 Å². The van der Waals surface area contributed by atoms with Gasteiger partial charge in [0.05, 0.1) is 6.61 Å². The molecule has 2 fully saturated rings. The van der Waals surface area contributed by atoms with Crippen molar-refractivity contribution in [2.75, 3.05) is 6.61 Å². The molecule has 0 spiro atoms. The van der Waals surface area contributed by atoms with E-state index >= 15 is 0 Å². The third-order valence-corrected chi connectivity index (χ3v) is 11.9. The molecule has 2 aromatic carbocycles. The van der Waals surface area contributed by atoms with Crippen LogP contribution in [-0.2, 0) is 4.43 Å². The van der Waals surface area contributed by atoms with Crippen LogP contribution in [0.5, 0.6) is 0 Å². The Balaban J connectivity index is 1.65. The van der Waals surface area contributed by atoms with E-state index in [1.807, 2.05) is 0 Å². The van der Waals surface area contributed by atoms with Crippen molar-refractivity contribution in [3.05, 3.63) is 60.7 Å². The summed E-state index contributed by atoms with van der Waals surface area (Å²) in [6.07, 6.45) is 6.82. The largest absolute Gasteiger partial charge is 0.406 e. The molecule has 1 heterocycles. The highest BCUT2D eigenvalue weighted by Crippen LogP contribution is 2.38. The van der Waals surface area contributed by atoms with Gasteiger partial charge in [0.25, 0.3) is 8.32 Å². The molecular formula is C25H35NOSi. The van der Waals surface area contributed by atoms with Crippen LogP contribution in [-0.4, -0.2) is 27.0 Å². The molecule has 4 rings (SSSR count). The average Bonchev–Trinajstić information content (AvgIpc) is 3.12. The second kappa shape index (κ2) is 8.14. The number of hydrogen-bond acceptors (Lipinski definition) is 2. The van der Waals surface area contributed by atoms with Gasteiger partial charge in [0, 0.05) is 12.1 Å². The van der Waals surface area contributed by atoms with E-state index in [0.717, 1.165) is 18.6 Å². The molecule has 28 heavy (non-hydrogen) atoms. The van der Waals surface area contributed by atoms with Gasteiger partial charge in [-0.05, 0) is 40.6 Å². The molecule has 0 amide bonds. The minimum absolute atomic E-state index is 0.0566. The monoisotopic (exact) mass is 393 g/mol. The van der Waals surface area contributed by atoms with Gasteiger partial charge in [-0.1, -0.05) is 94.3 Å². The summed E-state index contributed by atoms with van der Waals surface area (Å²) in [5.74, 6) is 0.863. The van der Waals surface area contributed by atoms with Gasteiger partial charge in [-0.25, -0.2) is 0 Å². The molecule has 2 aliphatic rings. The van der Waals surface area contributed by atoms with Crippen LogP contribution in [0.25, 0.3) is 0 Å². The average molecular weight is 394 g/mol. The molecule has 1 saturated carbocycles. The van der Waals surface area contributed by atoms with E-state index < -0.39 is 8.32 Å². The van der Waals surface area contributed by atoms with E-state index in [1.54, 1.807) is 0 Å². The molecule has 150 valence electrons. The van der Waals surface area contributed by atoms with Crippen LogP contribution in [0.4, 0.5) is 0 Å². The minimum atomic E-state index is -2.41. The Morgan fingerprint density at radius 3 is 2.00 bits per heavy atom. The lowest BCUT2D eigenvalue weighted by Gasteiger charge is -2.43. The van der Waals surface area contributed by atoms with Crippen LogP contribution < -0.4 is 15.7 Å². The molecule has 2 nitrogen and oxygen atoms in total. The maximum Gasteiger partial charge on any atom is 0.261 e. The Kier molecular flexibility index (Phi) is 5.77. The first kappa shape index (κ1) is 19.9. The first-order valence-corrected chi connectivity index (χ1v) is 12.9. The van der Waals surface area contributed by atoms with Crippen molar-refractivity contribution in [2.24, 2.45) is 5.92 Å². The van der Waals surface area contributed by atoms with Crippen LogP contribution >= 0.6 is 0 Å². The lowest BCUT2D eigenvalue weighted by molar-refractivity contribution is 0.257. The molecule has 1 saturated heterocycles. The zero-order valence-electron chi connectivity index (χ0n) is 17.7. The summed E-state index contributed by atoms with van der Waals surface area (Å²) in [5, 5.41) is 6.73. The lowest BCUT2D eigenvalue weighted by atomic mass is 9.85. The predicted molar refractivity (Wildman–Crippen MR) is 121 cm³/mol. The molecule has 0 unspecified atom stereocenters. The Morgan fingerprint density at radius 1 is 0.893 bits per heavy atom. The summed E-state index contributed by atoms with van der Waals surface area (Å²) in [7, 11) is -2.41. The molecule has 0 aromatic heterocycles. The normalized spacial score (nSPS) is 25.5. The second-order valence-electron chi connectivity index (χ2n) is 9.72. The minimum Gasteiger partial charge on any atom is -0.406 e. The van der Waals surface area contributed by atoms with Crippen molar-refractivity contribution in [3.8, 4) is 0 Å². The van der Waals surface area contributed by atoms with Crippen LogP contribution in [0.1, 0.15) is 52.9 Å². The highest BCUT2D eigenvalue weighted by Gasteiger charge is 2.50. The van der Waals surface area contributed by atoms with E-state index in [-0.39, 0.29) is 5.04 Å².